The molecule has 6 heteroatoms. The van der Waals surface area contributed by atoms with Gasteiger partial charge in [0.15, 0.2) is 29.1 Å². The molecule has 1 fully saturated rings. The maximum absolute atomic E-state index is 13.4. The Bertz CT molecular complexity index is 491. The molecule has 1 nitrogen and oxygen atoms in total. The molecule has 0 bridgehead atoms. The van der Waals surface area contributed by atoms with E-state index in [-0.39, 0.29) is 12.3 Å². The molecule has 0 saturated heterocycles. The third-order valence-electron chi connectivity index (χ3n) is 3.44. The summed E-state index contributed by atoms with van der Waals surface area (Å²) >= 11 is 0. The van der Waals surface area contributed by atoms with E-state index in [1.54, 1.807) is 0 Å². The van der Waals surface area contributed by atoms with Gasteiger partial charge in [0, 0.05) is 6.42 Å². The van der Waals surface area contributed by atoms with Gasteiger partial charge in [0.05, 0.1) is 5.56 Å². The number of rotatable bonds is 3. The Morgan fingerprint density at radius 2 is 1.26 bits per heavy atom. The molecule has 1 aromatic rings. The number of carbonyl (C=O) groups excluding carboxylic acids is 1. The fourth-order valence-corrected chi connectivity index (χ4v) is 2.43. The summed E-state index contributed by atoms with van der Waals surface area (Å²) in [5.41, 5.74) is -1.32. The zero-order chi connectivity index (χ0) is 14.2. The summed E-state index contributed by atoms with van der Waals surface area (Å²) in [6, 6.07) is 0. The predicted octanol–water partition coefficient (Wildman–Crippen LogP) is 4.15. The molecule has 0 aromatic heterocycles. The maximum atomic E-state index is 13.4. The molecule has 0 unspecified atom stereocenters. The van der Waals surface area contributed by atoms with Crippen molar-refractivity contribution < 1.29 is 26.7 Å². The molecule has 0 N–H and O–H groups in total. The van der Waals surface area contributed by atoms with Crippen LogP contribution in [0.1, 0.15) is 42.5 Å². The molecule has 1 saturated carbocycles. The minimum atomic E-state index is -2.24. The van der Waals surface area contributed by atoms with E-state index in [0.29, 0.717) is 0 Å². The van der Waals surface area contributed by atoms with Crippen LogP contribution in [0.15, 0.2) is 0 Å². The molecule has 0 amide bonds. The highest BCUT2D eigenvalue weighted by Crippen LogP contribution is 2.31. The zero-order valence-electron chi connectivity index (χ0n) is 9.91. The zero-order valence-corrected chi connectivity index (χ0v) is 9.91. The lowest BCUT2D eigenvalue weighted by atomic mass is 9.96. The smallest absolute Gasteiger partial charge is 0.200 e. The van der Waals surface area contributed by atoms with E-state index in [1.807, 2.05) is 0 Å². The first-order valence-corrected chi connectivity index (χ1v) is 5.98. The van der Waals surface area contributed by atoms with Gasteiger partial charge >= 0.3 is 0 Å². The third kappa shape index (κ3) is 2.48. The van der Waals surface area contributed by atoms with Gasteiger partial charge in [-0.05, 0) is 5.92 Å². The molecule has 19 heavy (non-hydrogen) atoms. The molecule has 0 heterocycles. The van der Waals surface area contributed by atoms with Crippen LogP contribution in [-0.4, -0.2) is 5.78 Å². The van der Waals surface area contributed by atoms with Crippen LogP contribution < -0.4 is 0 Å². The monoisotopic (exact) mass is 278 g/mol. The number of ketones is 1. The molecule has 2 rings (SSSR count). The molecule has 1 aliphatic rings. The largest absolute Gasteiger partial charge is 0.294 e. The summed E-state index contributed by atoms with van der Waals surface area (Å²) < 4.78 is 65.5. The van der Waals surface area contributed by atoms with Crippen LogP contribution >= 0.6 is 0 Å². The first-order valence-electron chi connectivity index (χ1n) is 5.98. The van der Waals surface area contributed by atoms with Gasteiger partial charge in [-0.15, -0.1) is 0 Å². The highest BCUT2D eigenvalue weighted by molar-refractivity contribution is 5.96. The van der Waals surface area contributed by atoms with Gasteiger partial charge in [-0.1, -0.05) is 25.7 Å². The molecule has 1 aliphatic carbocycles. The second-order valence-corrected chi connectivity index (χ2v) is 4.72. The van der Waals surface area contributed by atoms with Gasteiger partial charge in [0.25, 0.3) is 0 Å². The van der Waals surface area contributed by atoms with Crippen LogP contribution in [0.25, 0.3) is 0 Å². The third-order valence-corrected chi connectivity index (χ3v) is 3.44. The fourth-order valence-electron chi connectivity index (χ4n) is 2.43. The Morgan fingerprint density at radius 1 is 0.842 bits per heavy atom. The second-order valence-electron chi connectivity index (χ2n) is 4.72. The molecule has 1 aromatic carbocycles. The number of Topliss-reactive ketones (excluding diaryl/α,β-unsaturated/α-hetero) is 1. The number of carbonyl (C=O) groups is 1. The highest BCUT2D eigenvalue weighted by Gasteiger charge is 2.31. The van der Waals surface area contributed by atoms with Crippen LogP contribution in [0, 0.1) is 35.0 Å². The minimum Gasteiger partial charge on any atom is -0.294 e. The second kappa shape index (κ2) is 5.27. The van der Waals surface area contributed by atoms with Crippen molar-refractivity contribution in [1.82, 2.24) is 0 Å². The summed E-state index contributed by atoms with van der Waals surface area (Å²) in [6.45, 7) is 0. The van der Waals surface area contributed by atoms with Gasteiger partial charge in [-0.2, -0.15) is 0 Å². The molecular formula is C13H11F5O. The number of halogens is 5. The summed E-state index contributed by atoms with van der Waals surface area (Å²) in [7, 11) is 0. The van der Waals surface area contributed by atoms with Gasteiger partial charge in [0.1, 0.15) is 0 Å². The van der Waals surface area contributed by atoms with Crippen LogP contribution in [0.3, 0.4) is 0 Å². The van der Waals surface area contributed by atoms with E-state index in [4.69, 9.17) is 0 Å². The van der Waals surface area contributed by atoms with Crippen LogP contribution in [-0.2, 0) is 0 Å². The van der Waals surface area contributed by atoms with Gasteiger partial charge in [-0.3, -0.25) is 4.79 Å². The van der Waals surface area contributed by atoms with E-state index < -0.39 is 40.4 Å². The first kappa shape index (κ1) is 14.0. The highest BCUT2D eigenvalue weighted by atomic mass is 19.2. The van der Waals surface area contributed by atoms with E-state index in [2.05, 4.69) is 0 Å². The van der Waals surface area contributed by atoms with Gasteiger partial charge < -0.3 is 0 Å². The molecule has 0 aliphatic heterocycles. The predicted molar refractivity (Wildman–Crippen MR) is 57.1 cm³/mol. The molecule has 0 radical (unpaired) electrons. The molecule has 0 atom stereocenters. The van der Waals surface area contributed by atoms with Gasteiger partial charge in [-0.25, -0.2) is 22.0 Å². The fraction of sp³-hybridized carbons (Fsp3) is 0.462. The SMILES string of the molecule is O=C(CC1CCCC1)c1c(F)c(F)c(F)c(F)c1F. The number of benzene rings is 1. The van der Waals surface area contributed by atoms with Crippen LogP contribution in [0.5, 0.6) is 0 Å². The van der Waals surface area contributed by atoms with E-state index in [1.165, 1.54) is 0 Å². The summed E-state index contributed by atoms with van der Waals surface area (Å²) in [5, 5.41) is 0. The molecule has 104 valence electrons. The van der Waals surface area contributed by atoms with Crippen molar-refractivity contribution in [3.05, 3.63) is 34.6 Å². The lowest BCUT2D eigenvalue weighted by Crippen LogP contribution is -2.15. The van der Waals surface area contributed by atoms with Crippen molar-refractivity contribution in [3.63, 3.8) is 0 Å². The van der Waals surface area contributed by atoms with Gasteiger partial charge in [0.2, 0.25) is 5.82 Å². The Labute approximate surface area is 106 Å². The lowest BCUT2D eigenvalue weighted by molar-refractivity contribution is 0.0950. The Kier molecular flexibility index (Phi) is 3.87. The van der Waals surface area contributed by atoms with Crippen LogP contribution in [0.2, 0.25) is 0 Å². The molecule has 0 spiro atoms. The van der Waals surface area contributed by atoms with Crippen molar-refractivity contribution in [2.24, 2.45) is 5.92 Å². The van der Waals surface area contributed by atoms with Crippen molar-refractivity contribution in [1.29, 1.82) is 0 Å². The number of hydrogen-bond donors (Lipinski definition) is 0. The maximum Gasteiger partial charge on any atom is 0.200 e. The topological polar surface area (TPSA) is 17.1 Å². The van der Waals surface area contributed by atoms with Crippen LogP contribution in [0.4, 0.5) is 22.0 Å². The van der Waals surface area contributed by atoms with Crippen molar-refractivity contribution in [3.8, 4) is 0 Å². The average molecular weight is 278 g/mol. The van der Waals surface area contributed by atoms with Crippen molar-refractivity contribution in [2.75, 3.05) is 0 Å². The summed E-state index contributed by atoms with van der Waals surface area (Å²) in [5.74, 6) is -11.5. The number of hydrogen-bond acceptors (Lipinski definition) is 1. The van der Waals surface area contributed by atoms with E-state index >= 15 is 0 Å². The normalized spacial score (nSPS) is 16.1. The Balaban J connectivity index is 2.36. The average Bonchev–Trinajstić information content (AvgIpc) is 2.87. The van der Waals surface area contributed by atoms with Crippen molar-refractivity contribution in [2.45, 2.75) is 32.1 Å². The summed E-state index contributed by atoms with van der Waals surface area (Å²) in [6.07, 6.45) is 3.12. The lowest BCUT2D eigenvalue weighted by Gasteiger charge is -2.10. The quantitative estimate of drug-likeness (QED) is 0.351. The first-order chi connectivity index (χ1) is 8.93. The Hall–Kier alpha value is -1.46. The van der Waals surface area contributed by atoms with Crippen molar-refractivity contribution >= 4 is 5.78 Å². The minimum absolute atomic E-state index is 0.0394. The standard InChI is InChI=1S/C13H11F5O/c14-9-8(7(19)5-6-3-1-2-4-6)10(15)12(17)13(18)11(9)16/h6H,1-5H2. The molecular weight excluding hydrogens is 267 g/mol. The Morgan fingerprint density at radius 3 is 1.74 bits per heavy atom. The van der Waals surface area contributed by atoms with E-state index in [0.717, 1.165) is 25.7 Å². The van der Waals surface area contributed by atoms with E-state index in [9.17, 15) is 26.7 Å². The summed E-state index contributed by atoms with van der Waals surface area (Å²) in [4.78, 5) is 11.7.